The maximum absolute atomic E-state index is 14.0. The van der Waals surface area contributed by atoms with Crippen LogP contribution in [-0.4, -0.2) is 73.1 Å². The van der Waals surface area contributed by atoms with Gasteiger partial charge >= 0.3 is 11.9 Å². The lowest BCUT2D eigenvalue weighted by atomic mass is 9.96. The average Bonchev–Trinajstić information content (AvgIpc) is 3.84. The largest absolute Gasteiger partial charge is 0.465 e. The van der Waals surface area contributed by atoms with Gasteiger partial charge in [0.05, 0.1) is 13.2 Å². The Labute approximate surface area is 405 Å². The normalized spacial score (nSPS) is 14.4. The van der Waals surface area contributed by atoms with Crippen molar-refractivity contribution in [2.24, 2.45) is 11.8 Å². The molecule has 2 atom stereocenters. The van der Waals surface area contributed by atoms with Gasteiger partial charge in [-0.1, -0.05) is 202 Å². The molecule has 0 radical (unpaired) electrons. The van der Waals surface area contributed by atoms with Gasteiger partial charge in [0, 0.05) is 31.8 Å². The maximum Gasteiger partial charge on any atom is 0.305 e. The maximum atomic E-state index is 14.0. The molecule has 1 heterocycles. The zero-order valence-corrected chi connectivity index (χ0v) is 44.4. The summed E-state index contributed by atoms with van der Waals surface area (Å²) >= 11 is 0. The number of likely N-dealkylation sites (tertiary alicyclic amines) is 1. The van der Waals surface area contributed by atoms with Crippen molar-refractivity contribution in [1.29, 1.82) is 0 Å². The van der Waals surface area contributed by atoms with Crippen molar-refractivity contribution in [2.75, 3.05) is 39.4 Å². The summed E-state index contributed by atoms with van der Waals surface area (Å²) in [5, 5.41) is 0. The Morgan fingerprint density at radius 1 is 0.415 bits per heavy atom. The molecular formula is C58H112N2O5. The van der Waals surface area contributed by atoms with Crippen molar-refractivity contribution in [1.82, 2.24) is 9.80 Å². The fourth-order valence-electron chi connectivity index (χ4n) is 10.1. The number of unbranched alkanes of at least 4 members (excludes halogenated alkanes) is 22. The van der Waals surface area contributed by atoms with E-state index in [-0.39, 0.29) is 11.9 Å². The molecule has 1 fully saturated rings. The Morgan fingerprint density at radius 2 is 0.769 bits per heavy atom. The van der Waals surface area contributed by atoms with E-state index >= 15 is 0 Å². The number of carbonyl (C=O) groups excluding carboxylic acids is 3. The second-order valence-electron chi connectivity index (χ2n) is 20.7. The third kappa shape index (κ3) is 37.0. The van der Waals surface area contributed by atoms with Gasteiger partial charge in [0.25, 0.3) is 0 Å². The topological polar surface area (TPSA) is 76.2 Å². The van der Waals surface area contributed by atoms with Crippen LogP contribution in [0.2, 0.25) is 0 Å². The lowest BCUT2D eigenvalue weighted by molar-refractivity contribution is -0.146. The summed E-state index contributed by atoms with van der Waals surface area (Å²) in [6.45, 7) is 16.9. The molecule has 1 aliphatic rings. The molecule has 1 rings (SSSR count). The summed E-state index contributed by atoms with van der Waals surface area (Å²) in [5.74, 6) is 1.44. The van der Waals surface area contributed by atoms with Gasteiger partial charge in [0.15, 0.2) is 0 Å². The molecule has 2 unspecified atom stereocenters. The minimum Gasteiger partial charge on any atom is -0.465 e. The number of nitrogens with zero attached hydrogens (tertiary/aromatic N) is 2. The summed E-state index contributed by atoms with van der Waals surface area (Å²) in [7, 11) is 0. The zero-order chi connectivity index (χ0) is 47.3. The highest BCUT2D eigenvalue weighted by Gasteiger charge is 2.24. The second kappa shape index (κ2) is 46.1. The van der Waals surface area contributed by atoms with Crippen molar-refractivity contribution in [2.45, 2.75) is 304 Å². The third-order valence-electron chi connectivity index (χ3n) is 14.5. The molecule has 1 amide bonds. The number of carbonyl (C=O) groups is 3. The molecule has 0 bridgehead atoms. The van der Waals surface area contributed by atoms with Gasteiger partial charge in [-0.25, -0.2) is 0 Å². The van der Waals surface area contributed by atoms with Crippen molar-refractivity contribution < 1.29 is 23.9 Å². The van der Waals surface area contributed by atoms with Gasteiger partial charge in [-0.15, -0.1) is 0 Å². The first-order valence-corrected chi connectivity index (χ1v) is 29.2. The highest BCUT2D eigenvalue weighted by atomic mass is 16.5. The predicted octanol–water partition coefficient (Wildman–Crippen LogP) is 16.9. The summed E-state index contributed by atoms with van der Waals surface area (Å²) in [4.78, 5) is 44.2. The first-order chi connectivity index (χ1) is 31.9. The van der Waals surface area contributed by atoms with Gasteiger partial charge < -0.3 is 19.3 Å². The van der Waals surface area contributed by atoms with Crippen molar-refractivity contribution in [3.05, 3.63) is 0 Å². The van der Waals surface area contributed by atoms with Gasteiger partial charge in [-0.2, -0.15) is 0 Å². The molecule has 0 aliphatic carbocycles. The van der Waals surface area contributed by atoms with Crippen molar-refractivity contribution >= 4 is 17.8 Å². The molecule has 0 N–H and O–H groups in total. The van der Waals surface area contributed by atoms with E-state index in [2.05, 4.69) is 44.4 Å². The molecular weight excluding hydrogens is 805 g/mol. The smallest absolute Gasteiger partial charge is 0.305 e. The van der Waals surface area contributed by atoms with Crippen LogP contribution in [0.5, 0.6) is 0 Å². The molecule has 1 aliphatic heterocycles. The standard InChI is InChI=1S/C58H112N2O5/c1-6-11-16-23-32-44-56(61)60(50-37-49-59-47-35-36-48-59)55(42-30-24-19-21-26-33-45-57(62)64-51-53(38-14-9-4)40-28-17-12-7-2)43-31-25-20-22-27-34-46-58(63)65-52-54(39-15-10-5)41-29-18-13-8-3/h53-55H,6-52H2,1-5H3. The Balaban J connectivity index is 2.60. The molecule has 0 spiro atoms. The minimum absolute atomic E-state index is 0.00248. The van der Waals surface area contributed by atoms with Crippen LogP contribution in [0.4, 0.5) is 0 Å². The van der Waals surface area contributed by atoms with Crippen LogP contribution < -0.4 is 0 Å². The van der Waals surface area contributed by atoms with E-state index < -0.39 is 0 Å². The van der Waals surface area contributed by atoms with Crippen LogP contribution in [-0.2, 0) is 23.9 Å². The molecule has 0 aromatic carbocycles. The first-order valence-electron chi connectivity index (χ1n) is 29.2. The lowest BCUT2D eigenvalue weighted by Gasteiger charge is -2.33. The summed E-state index contributed by atoms with van der Waals surface area (Å²) in [5.41, 5.74) is 0. The summed E-state index contributed by atoms with van der Waals surface area (Å²) < 4.78 is 11.6. The highest BCUT2D eigenvalue weighted by molar-refractivity contribution is 5.76. The van der Waals surface area contributed by atoms with E-state index in [0.29, 0.717) is 56.3 Å². The SMILES string of the molecule is CCCCCCCC(=O)N(CCCN1CCCC1)C(CCCCCCCCC(=O)OCC(CCCC)CCCCCC)CCCCCCCCC(=O)OCC(CCCC)CCCCCC. The van der Waals surface area contributed by atoms with E-state index in [1.807, 2.05) is 0 Å². The van der Waals surface area contributed by atoms with Crippen LogP contribution in [0, 0.1) is 11.8 Å². The zero-order valence-electron chi connectivity index (χ0n) is 44.4. The second-order valence-corrected chi connectivity index (χ2v) is 20.7. The monoisotopic (exact) mass is 917 g/mol. The molecule has 7 heteroatoms. The molecule has 384 valence electrons. The van der Waals surface area contributed by atoms with Crippen LogP contribution >= 0.6 is 0 Å². The van der Waals surface area contributed by atoms with E-state index in [0.717, 1.165) is 64.5 Å². The molecule has 0 saturated carbocycles. The Bertz CT molecular complexity index is 1010. The number of esters is 2. The Kier molecular flexibility index (Phi) is 43.6. The Hall–Kier alpha value is -1.63. The van der Waals surface area contributed by atoms with Crippen molar-refractivity contribution in [3.63, 3.8) is 0 Å². The van der Waals surface area contributed by atoms with Crippen LogP contribution in [0.1, 0.15) is 298 Å². The van der Waals surface area contributed by atoms with Crippen LogP contribution in [0.25, 0.3) is 0 Å². The molecule has 7 nitrogen and oxygen atoms in total. The number of ether oxygens (including phenoxy) is 2. The molecule has 1 saturated heterocycles. The first kappa shape index (κ1) is 61.4. The molecule has 0 aromatic heterocycles. The summed E-state index contributed by atoms with van der Waals surface area (Å²) in [6, 6.07) is 0.335. The quantitative estimate of drug-likeness (QED) is 0.0447. The van der Waals surface area contributed by atoms with E-state index in [1.165, 1.54) is 206 Å². The molecule has 65 heavy (non-hydrogen) atoms. The predicted molar refractivity (Wildman–Crippen MR) is 279 cm³/mol. The van der Waals surface area contributed by atoms with Gasteiger partial charge in [-0.3, -0.25) is 14.4 Å². The minimum atomic E-state index is -0.00248. The van der Waals surface area contributed by atoms with E-state index in [4.69, 9.17) is 9.47 Å². The fourth-order valence-corrected chi connectivity index (χ4v) is 10.1. The average molecular weight is 918 g/mol. The van der Waals surface area contributed by atoms with Crippen LogP contribution in [0.3, 0.4) is 0 Å². The van der Waals surface area contributed by atoms with Gasteiger partial charge in [-0.05, 0) is 109 Å². The third-order valence-corrected chi connectivity index (χ3v) is 14.5. The van der Waals surface area contributed by atoms with E-state index in [1.54, 1.807) is 0 Å². The summed E-state index contributed by atoms with van der Waals surface area (Å²) in [6.07, 6.45) is 47.0. The number of rotatable bonds is 49. The number of hydrogen-bond acceptors (Lipinski definition) is 6. The Morgan fingerprint density at radius 3 is 1.22 bits per heavy atom. The number of amides is 1. The highest BCUT2D eigenvalue weighted by Crippen LogP contribution is 2.24. The van der Waals surface area contributed by atoms with Crippen LogP contribution in [0.15, 0.2) is 0 Å². The number of hydrogen-bond donors (Lipinski definition) is 0. The van der Waals surface area contributed by atoms with E-state index in [9.17, 15) is 14.4 Å². The lowest BCUT2D eigenvalue weighted by Crippen LogP contribution is -2.42. The van der Waals surface area contributed by atoms with Gasteiger partial charge in [0.2, 0.25) is 5.91 Å². The van der Waals surface area contributed by atoms with Gasteiger partial charge in [0.1, 0.15) is 0 Å². The van der Waals surface area contributed by atoms with Crippen molar-refractivity contribution in [3.8, 4) is 0 Å². The molecule has 0 aromatic rings. The fraction of sp³-hybridized carbons (Fsp3) is 0.948.